The van der Waals surface area contributed by atoms with Crippen molar-refractivity contribution in [2.45, 2.75) is 45.6 Å². The molecule has 2 heterocycles. The summed E-state index contributed by atoms with van der Waals surface area (Å²) < 4.78 is 17.7. The van der Waals surface area contributed by atoms with E-state index in [9.17, 15) is 4.79 Å². The summed E-state index contributed by atoms with van der Waals surface area (Å²) in [6.07, 6.45) is 4.93. The van der Waals surface area contributed by atoms with Crippen molar-refractivity contribution in [3.8, 4) is 11.5 Å². The molecule has 0 saturated carbocycles. The number of nitrogens with zero attached hydrogens (tertiary/aromatic N) is 1. The molecule has 0 unspecified atom stereocenters. The van der Waals surface area contributed by atoms with Crippen LogP contribution in [0.1, 0.15) is 42.9 Å². The first-order valence-corrected chi connectivity index (χ1v) is 10.5. The van der Waals surface area contributed by atoms with Crippen LogP contribution in [0, 0.1) is 0 Å². The van der Waals surface area contributed by atoms with Gasteiger partial charge in [-0.05, 0) is 55.5 Å². The summed E-state index contributed by atoms with van der Waals surface area (Å²) in [5.41, 5.74) is 4.46. The highest BCUT2D eigenvalue weighted by molar-refractivity contribution is 5.87. The molecule has 2 aromatic carbocycles. The minimum atomic E-state index is -0.193. The van der Waals surface area contributed by atoms with Crippen molar-refractivity contribution >= 4 is 16.7 Å². The molecular formula is C24H25NO4. The van der Waals surface area contributed by atoms with Crippen molar-refractivity contribution in [1.82, 2.24) is 0 Å². The van der Waals surface area contributed by atoms with Crippen molar-refractivity contribution in [3.05, 3.63) is 63.5 Å². The van der Waals surface area contributed by atoms with E-state index in [0.717, 1.165) is 78.0 Å². The Bertz CT molecular complexity index is 1120. The lowest BCUT2D eigenvalue weighted by atomic mass is 10.0. The molecule has 1 aliphatic heterocycles. The third-order valence-electron chi connectivity index (χ3n) is 5.88. The fraction of sp³-hybridized carbons (Fsp3) is 0.375. The zero-order chi connectivity index (χ0) is 19.8. The molecule has 2 aliphatic rings. The quantitative estimate of drug-likeness (QED) is 0.461. The van der Waals surface area contributed by atoms with Gasteiger partial charge in [-0.25, -0.2) is 4.79 Å². The van der Waals surface area contributed by atoms with Gasteiger partial charge in [0.15, 0.2) is 6.73 Å². The average Bonchev–Trinajstić information content (AvgIpc) is 3.25. The zero-order valence-corrected chi connectivity index (χ0v) is 16.7. The molecule has 0 spiro atoms. The highest BCUT2D eigenvalue weighted by Gasteiger charge is 2.26. The lowest BCUT2D eigenvalue weighted by molar-refractivity contribution is 0.288. The van der Waals surface area contributed by atoms with Gasteiger partial charge >= 0.3 is 5.63 Å². The van der Waals surface area contributed by atoms with E-state index >= 15 is 0 Å². The molecular weight excluding hydrogens is 366 g/mol. The van der Waals surface area contributed by atoms with Gasteiger partial charge in [0, 0.05) is 22.7 Å². The van der Waals surface area contributed by atoms with E-state index in [0.29, 0.717) is 18.9 Å². The van der Waals surface area contributed by atoms with Gasteiger partial charge in [0.25, 0.3) is 0 Å². The number of aryl methyl sites for hydroxylation is 1. The minimum absolute atomic E-state index is 0.193. The Labute approximate surface area is 169 Å². The predicted molar refractivity (Wildman–Crippen MR) is 113 cm³/mol. The molecule has 1 aliphatic carbocycles. The summed E-state index contributed by atoms with van der Waals surface area (Å²) in [4.78, 5) is 14.6. The molecule has 29 heavy (non-hydrogen) atoms. The molecule has 5 rings (SSSR count). The molecule has 3 aromatic rings. The van der Waals surface area contributed by atoms with E-state index < -0.39 is 0 Å². The maximum absolute atomic E-state index is 12.5. The van der Waals surface area contributed by atoms with Crippen molar-refractivity contribution in [1.29, 1.82) is 0 Å². The van der Waals surface area contributed by atoms with Gasteiger partial charge in [-0.1, -0.05) is 19.4 Å². The van der Waals surface area contributed by atoms with Crippen molar-refractivity contribution < 1.29 is 13.9 Å². The van der Waals surface area contributed by atoms with Gasteiger partial charge in [-0.3, -0.25) is 0 Å². The van der Waals surface area contributed by atoms with Crippen LogP contribution < -0.4 is 20.0 Å². The molecule has 0 amide bonds. The van der Waals surface area contributed by atoms with Gasteiger partial charge < -0.3 is 18.8 Å². The first-order valence-electron chi connectivity index (χ1n) is 10.5. The summed E-state index contributed by atoms with van der Waals surface area (Å²) in [5, 5.41) is 1.05. The second kappa shape index (κ2) is 7.47. The van der Waals surface area contributed by atoms with Crippen molar-refractivity contribution in [2.75, 3.05) is 18.2 Å². The molecule has 5 nitrogen and oxygen atoms in total. The van der Waals surface area contributed by atoms with Gasteiger partial charge in [-0.2, -0.15) is 0 Å². The summed E-state index contributed by atoms with van der Waals surface area (Å²) in [7, 11) is 0. The fourth-order valence-electron chi connectivity index (χ4n) is 4.32. The monoisotopic (exact) mass is 391 g/mol. The Hall–Kier alpha value is -2.95. The maximum Gasteiger partial charge on any atom is 0.339 e. The molecule has 150 valence electrons. The molecule has 0 atom stereocenters. The molecule has 0 N–H and O–H groups in total. The van der Waals surface area contributed by atoms with Crippen LogP contribution in [0.15, 0.2) is 45.6 Å². The van der Waals surface area contributed by atoms with E-state index in [1.807, 2.05) is 30.3 Å². The van der Waals surface area contributed by atoms with Crippen molar-refractivity contribution in [3.63, 3.8) is 0 Å². The van der Waals surface area contributed by atoms with Crippen LogP contribution in [-0.2, 0) is 19.4 Å². The topological polar surface area (TPSA) is 51.9 Å². The van der Waals surface area contributed by atoms with E-state index in [-0.39, 0.29) is 5.63 Å². The Morgan fingerprint density at radius 1 is 1.10 bits per heavy atom. The first kappa shape index (κ1) is 18.1. The molecule has 0 radical (unpaired) electrons. The molecule has 1 aromatic heterocycles. The third kappa shape index (κ3) is 3.24. The average molecular weight is 391 g/mol. The smallest absolute Gasteiger partial charge is 0.339 e. The normalized spacial score (nSPS) is 15.1. The second-order valence-corrected chi connectivity index (χ2v) is 7.79. The Morgan fingerprint density at radius 3 is 2.90 bits per heavy atom. The van der Waals surface area contributed by atoms with Gasteiger partial charge in [-0.15, -0.1) is 0 Å². The first-order chi connectivity index (χ1) is 14.2. The van der Waals surface area contributed by atoms with E-state index in [1.165, 1.54) is 0 Å². The highest BCUT2D eigenvalue weighted by Crippen LogP contribution is 2.37. The lowest BCUT2D eigenvalue weighted by Crippen LogP contribution is -2.32. The van der Waals surface area contributed by atoms with Crippen molar-refractivity contribution in [2.24, 2.45) is 0 Å². The van der Waals surface area contributed by atoms with Gasteiger partial charge in [0.1, 0.15) is 17.1 Å². The molecule has 5 heteroatoms. The summed E-state index contributed by atoms with van der Waals surface area (Å²) >= 11 is 0. The number of rotatable bonds is 5. The number of anilines is 1. The number of fused-ring (bicyclic) bond motifs is 5. The third-order valence-corrected chi connectivity index (χ3v) is 5.88. The highest BCUT2D eigenvalue weighted by atomic mass is 16.5. The van der Waals surface area contributed by atoms with E-state index in [4.69, 9.17) is 13.9 Å². The number of unbranched alkanes of at least 4 members (excludes halogenated alkanes) is 1. The van der Waals surface area contributed by atoms with Gasteiger partial charge in [0.2, 0.25) is 0 Å². The number of benzene rings is 2. The van der Waals surface area contributed by atoms with Crippen LogP contribution >= 0.6 is 0 Å². The maximum atomic E-state index is 12.5. The van der Waals surface area contributed by atoms with E-state index in [2.05, 4.69) is 17.9 Å². The van der Waals surface area contributed by atoms with E-state index in [1.54, 1.807) is 0 Å². The SMILES string of the molecule is CCCCOc1cccc(N2COc3ccc4c5c(c(=O)oc4c3C2)CCC5)c1. The number of ether oxygens (including phenoxy) is 2. The fourth-order valence-corrected chi connectivity index (χ4v) is 4.32. The van der Waals surface area contributed by atoms with Crippen LogP contribution in [0.4, 0.5) is 5.69 Å². The molecule has 0 fully saturated rings. The zero-order valence-electron chi connectivity index (χ0n) is 16.7. The summed E-state index contributed by atoms with van der Waals surface area (Å²) in [6.45, 7) is 3.96. The number of hydrogen-bond acceptors (Lipinski definition) is 5. The minimum Gasteiger partial charge on any atom is -0.494 e. The standard InChI is InChI=1S/C24H25NO4/c1-2-3-12-27-17-7-4-6-16(13-17)25-14-21-22(28-15-25)11-10-19-18-8-5-9-20(18)24(26)29-23(19)21/h4,6-7,10-11,13H,2-3,5,8-9,12,14-15H2,1H3. The summed E-state index contributed by atoms with van der Waals surface area (Å²) in [6, 6.07) is 12.1. The predicted octanol–water partition coefficient (Wildman–Crippen LogP) is 4.82. The lowest BCUT2D eigenvalue weighted by Gasteiger charge is -2.31. The van der Waals surface area contributed by atoms with Gasteiger partial charge in [0.05, 0.1) is 18.7 Å². The Balaban J connectivity index is 1.49. The molecule has 0 saturated heterocycles. The van der Waals surface area contributed by atoms with Crippen LogP contribution in [0.2, 0.25) is 0 Å². The number of hydrogen-bond donors (Lipinski definition) is 0. The largest absolute Gasteiger partial charge is 0.494 e. The summed E-state index contributed by atoms with van der Waals surface area (Å²) in [5.74, 6) is 1.66. The Kier molecular flexibility index (Phi) is 4.66. The van der Waals surface area contributed by atoms with Crippen LogP contribution in [0.25, 0.3) is 11.0 Å². The Morgan fingerprint density at radius 2 is 2.00 bits per heavy atom. The van der Waals surface area contributed by atoms with Crippen LogP contribution in [0.5, 0.6) is 11.5 Å². The van der Waals surface area contributed by atoms with Crippen LogP contribution in [-0.4, -0.2) is 13.3 Å². The van der Waals surface area contributed by atoms with Crippen LogP contribution in [0.3, 0.4) is 0 Å². The molecule has 0 bridgehead atoms. The second-order valence-electron chi connectivity index (χ2n) is 7.79.